The fourth-order valence-electron chi connectivity index (χ4n) is 1.84. The number of aromatic nitrogens is 1. The summed E-state index contributed by atoms with van der Waals surface area (Å²) in [7, 11) is 0. The van der Waals surface area contributed by atoms with Crippen molar-refractivity contribution >= 4 is 22.6 Å². The molecule has 0 saturated carbocycles. The molecule has 17 heavy (non-hydrogen) atoms. The van der Waals surface area contributed by atoms with Gasteiger partial charge in [-0.25, -0.2) is 0 Å². The van der Waals surface area contributed by atoms with E-state index in [1.165, 1.54) is 6.20 Å². The van der Waals surface area contributed by atoms with Gasteiger partial charge in [0.2, 0.25) is 0 Å². The van der Waals surface area contributed by atoms with Crippen molar-refractivity contribution in [1.82, 2.24) is 4.98 Å². The van der Waals surface area contributed by atoms with Gasteiger partial charge in [-0.05, 0) is 28.7 Å². The Labute approximate surface area is 110 Å². The number of ether oxygens (including phenoxy) is 1. The van der Waals surface area contributed by atoms with Gasteiger partial charge >= 0.3 is 0 Å². The standard InChI is InChI=1S/C10H12INO5/c11-4-1-5(10(16)12-2-4)9-8(15)7(14)6(3-13)17-9/h1-2,6-9,13-15H,3H2,(H,12,16)/t6?,7?,8?,9-/m0/s1. The van der Waals surface area contributed by atoms with E-state index in [4.69, 9.17) is 9.84 Å². The van der Waals surface area contributed by atoms with Crippen LogP contribution in [0.25, 0.3) is 0 Å². The molecule has 1 fully saturated rings. The van der Waals surface area contributed by atoms with Crippen LogP contribution in [-0.2, 0) is 4.74 Å². The van der Waals surface area contributed by atoms with Crippen molar-refractivity contribution in [3.05, 3.63) is 31.8 Å². The highest BCUT2D eigenvalue weighted by molar-refractivity contribution is 14.1. The molecule has 0 spiro atoms. The number of aliphatic hydroxyl groups is 3. The molecule has 7 heteroatoms. The van der Waals surface area contributed by atoms with Gasteiger partial charge in [0, 0.05) is 15.3 Å². The Morgan fingerprint density at radius 1 is 1.41 bits per heavy atom. The summed E-state index contributed by atoms with van der Waals surface area (Å²) in [6.45, 7) is -0.406. The normalized spacial score (nSPS) is 32.9. The molecular weight excluding hydrogens is 341 g/mol. The largest absolute Gasteiger partial charge is 0.394 e. The second-order valence-corrected chi connectivity index (χ2v) is 5.11. The lowest BCUT2D eigenvalue weighted by molar-refractivity contribution is -0.0231. The molecule has 0 bridgehead atoms. The van der Waals surface area contributed by atoms with E-state index in [9.17, 15) is 15.0 Å². The van der Waals surface area contributed by atoms with E-state index >= 15 is 0 Å². The topological polar surface area (TPSA) is 103 Å². The van der Waals surface area contributed by atoms with E-state index in [2.05, 4.69) is 4.98 Å². The van der Waals surface area contributed by atoms with Gasteiger partial charge in [0.05, 0.1) is 6.61 Å². The van der Waals surface area contributed by atoms with Crippen molar-refractivity contribution in [2.75, 3.05) is 6.61 Å². The predicted octanol–water partition coefficient (Wildman–Crippen LogP) is -0.867. The Bertz CT molecular complexity index is 462. The molecule has 1 aromatic heterocycles. The molecule has 2 heterocycles. The van der Waals surface area contributed by atoms with Crippen molar-refractivity contribution < 1.29 is 20.1 Å². The zero-order valence-corrected chi connectivity index (χ0v) is 10.9. The van der Waals surface area contributed by atoms with Gasteiger partial charge in [-0.2, -0.15) is 0 Å². The van der Waals surface area contributed by atoms with Gasteiger partial charge in [0.15, 0.2) is 0 Å². The summed E-state index contributed by atoms with van der Waals surface area (Å²) < 4.78 is 6.07. The summed E-state index contributed by atoms with van der Waals surface area (Å²) in [6.07, 6.45) is -2.66. The van der Waals surface area contributed by atoms with E-state index in [-0.39, 0.29) is 11.1 Å². The van der Waals surface area contributed by atoms with Crippen LogP contribution in [0.3, 0.4) is 0 Å². The summed E-state index contributed by atoms with van der Waals surface area (Å²) in [6, 6.07) is 1.58. The second-order valence-electron chi connectivity index (χ2n) is 3.86. The molecule has 1 aliphatic rings. The first-order valence-electron chi connectivity index (χ1n) is 5.05. The molecule has 1 saturated heterocycles. The molecule has 94 valence electrons. The smallest absolute Gasteiger partial charge is 0.253 e. The lowest BCUT2D eigenvalue weighted by Crippen LogP contribution is -2.33. The number of aromatic amines is 1. The number of halogens is 1. The van der Waals surface area contributed by atoms with Crippen LogP contribution >= 0.6 is 22.6 Å². The maximum absolute atomic E-state index is 11.6. The number of nitrogens with one attached hydrogen (secondary N) is 1. The molecule has 2 rings (SSSR count). The zero-order chi connectivity index (χ0) is 12.6. The highest BCUT2D eigenvalue weighted by atomic mass is 127. The first-order chi connectivity index (χ1) is 8.04. The quantitative estimate of drug-likeness (QED) is 0.518. The molecule has 0 amide bonds. The average molecular weight is 353 g/mol. The lowest BCUT2D eigenvalue weighted by Gasteiger charge is -2.14. The maximum Gasteiger partial charge on any atom is 0.253 e. The molecule has 4 atom stereocenters. The van der Waals surface area contributed by atoms with Gasteiger partial charge < -0.3 is 25.0 Å². The fourth-order valence-corrected chi connectivity index (χ4v) is 2.33. The minimum Gasteiger partial charge on any atom is -0.394 e. The summed E-state index contributed by atoms with van der Waals surface area (Å²) >= 11 is 2.02. The Balaban J connectivity index is 2.35. The van der Waals surface area contributed by atoms with Crippen LogP contribution in [-0.4, -0.2) is 45.2 Å². The van der Waals surface area contributed by atoms with Crippen LogP contribution < -0.4 is 5.56 Å². The first-order valence-corrected chi connectivity index (χ1v) is 6.13. The maximum atomic E-state index is 11.6. The third-order valence-electron chi connectivity index (χ3n) is 2.75. The Morgan fingerprint density at radius 3 is 2.71 bits per heavy atom. The van der Waals surface area contributed by atoms with Gasteiger partial charge in [-0.15, -0.1) is 0 Å². The third-order valence-corrected chi connectivity index (χ3v) is 3.37. The van der Waals surface area contributed by atoms with Gasteiger partial charge in [-0.1, -0.05) is 0 Å². The molecule has 0 aromatic carbocycles. The van der Waals surface area contributed by atoms with Crippen LogP contribution in [0.2, 0.25) is 0 Å². The number of H-pyrrole nitrogens is 1. The van der Waals surface area contributed by atoms with Crippen molar-refractivity contribution in [3.8, 4) is 0 Å². The van der Waals surface area contributed by atoms with Crippen molar-refractivity contribution in [3.63, 3.8) is 0 Å². The van der Waals surface area contributed by atoms with Gasteiger partial charge in [-0.3, -0.25) is 4.79 Å². The Hall–Kier alpha value is -0.480. The summed E-state index contributed by atoms with van der Waals surface area (Å²) in [4.78, 5) is 14.1. The van der Waals surface area contributed by atoms with E-state index in [0.717, 1.165) is 3.57 Å². The van der Waals surface area contributed by atoms with Crippen molar-refractivity contribution in [1.29, 1.82) is 0 Å². The number of rotatable bonds is 2. The Morgan fingerprint density at radius 2 is 2.12 bits per heavy atom. The molecule has 3 unspecified atom stereocenters. The monoisotopic (exact) mass is 353 g/mol. The summed E-state index contributed by atoms with van der Waals surface area (Å²) in [5, 5.41) is 28.3. The van der Waals surface area contributed by atoms with Crippen LogP contribution in [0, 0.1) is 3.57 Å². The fraction of sp³-hybridized carbons (Fsp3) is 0.500. The SMILES string of the molecule is O=c1[nH]cc(I)cc1[C@@H]1OC(CO)C(O)C1O. The lowest BCUT2D eigenvalue weighted by atomic mass is 10.0. The van der Waals surface area contributed by atoms with Crippen LogP contribution in [0.15, 0.2) is 17.1 Å². The highest BCUT2D eigenvalue weighted by Gasteiger charge is 2.43. The van der Waals surface area contributed by atoms with Gasteiger partial charge in [0.25, 0.3) is 5.56 Å². The molecule has 0 aliphatic carbocycles. The highest BCUT2D eigenvalue weighted by Crippen LogP contribution is 2.32. The van der Waals surface area contributed by atoms with Crippen molar-refractivity contribution in [2.45, 2.75) is 24.4 Å². The molecule has 6 nitrogen and oxygen atoms in total. The number of hydrogen-bond donors (Lipinski definition) is 4. The number of aliphatic hydroxyl groups excluding tert-OH is 3. The van der Waals surface area contributed by atoms with E-state index in [1.54, 1.807) is 6.07 Å². The average Bonchev–Trinajstić information content (AvgIpc) is 2.59. The van der Waals surface area contributed by atoms with Crippen molar-refractivity contribution in [2.24, 2.45) is 0 Å². The zero-order valence-electron chi connectivity index (χ0n) is 8.71. The van der Waals surface area contributed by atoms with Crippen LogP contribution in [0.1, 0.15) is 11.7 Å². The van der Waals surface area contributed by atoms with E-state index in [0.29, 0.717) is 0 Å². The number of pyridine rings is 1. The second kappa shape index (κ2) is 5.02. The summed E-state index contributed by atoms with van der Waals surface area (Å²) in [5.74, 6) is 0. The summed E-state index contributed by atoms with van der Waals surface area (Å²) in [5.41, 5.74) is -0.125. The minimum absolute atomic E-state index is 0.249. The predicted molar refractivity (Wildman–Crippen MR) is 66.5 cm³/mol. The molecule has 4 N–H and O–H groups in total. The molecular formula is C10H12INO5. The minimum atomic E-state index is -1.22. The first kappa shape index (κ1) is 13.0. The molecule has 1 aromatic rings. The molecule has 0 radical (unpaired) electrons. The third kappa shape index (κ3) is 2.38. The molecule has 1 aliphatic heterocycles. The van der Waals surface area contributed by atoms with E-state index < -0.39 is 31.0 Å². The number of hydrogen-bond acceptors (Lipinski definition) is 5. The van der Waals surface area contributed by atoms with Gasteiger partial charge in [0.1, 0.15) is 24.4 Å². The van der Waals surface area contributed by atoms with Crippen LogP contribution in [0.4, 0.5) is 0 Å². The Kier molecular flexibility index (Phi) is 3.83. The van der Waals surface area contributed by atoms with Crippen LogP contribution in [0.5, 0.6) is 0 Å². The van der Waals surface area contributed by atoms with E-state index in [1.807, 2.05) is 22.6 Å².